The molecule has 68 valence electrons. The van der Waals surface area contributed by atoms with Gasteiger partial charge in [-0.15, -0.1) is 6.58 Å². The van der Waals surface area contributed by atoms with E-state index >= 15 is 0 Å². The number of rotatable bonds is 2. The Balaban J connectivity index is 3.02. The monoisotopic (exact) mass is 164 g/mol. The van der Waals surface area contributed by atoms with E-state index in [2.05, 4.69) is 33.4 Å². The Morgan fingerprint density at radius 3 is 2.67 bits per heavy atom. The van der Waals surface area contributed by atoms with Gasteiger partial charge < -0.3 is 0 Å². The number of hydrogen-bond acceptors (Lipinski definition) is 0. The van der Waals surface area contributed by atoms with Gasteiger partial charge in [-0.25, -0.2) is 0 Å². The molecule has 0 saturated carbocycles. The summed E-state index contributed by atoms with van der Waals surface area (Å²) in [5.41, 5.74) is 3.53. The standard InChI is InChI=1S/C12H20/c1-5-11-10(3)8-7-9-12(11,4)6-2/h6H,2,5,7-9H2,1,3-4H3. The van der Waals surface area contributed by atoms with Crippen LogP contribution in [0.15, 0.2) is 23.8 Å². The molecular formula is C12H20. The molecule has 1 aliphatic rings. The highest BCUT2D eigenvalue weighted by molar-refractivity contribution is 5.27. The van der Waals surface area contributed by atoms with E-state index in [9.17, 15) is 0 Å². The number of allylic oxidation sites excluding steroid dienone is 3. The Kier molecular flexibility index (Phi) is 2.76. The molecule has 0 nitrogen and oxygen atoms in total. The third kappa shape index (κ3) is 1.48. The van der Waals surface area contributed by atoms with Gasteiger partial charge in [0.25, 0.3) is 0 Å². The van der Waals surface area contributed by atoms with Crippen LogP contribution in [-0.2, 0) is 0 Å². The van der Waals surface area contributed by atoms with Crippen LogP contribution >= 0.6 is 0 Å². The van der Waals surface area contributed by atoms with Crippen molar-refractivity contribution in [2.75, 3.05) is 0 Å². The molecular weight excluding hydrogens is 144 g/mol. The van der Waals surface area contributed by atoms with Gasteiger partial charge in [0.1, 0.15) is 0 Å². The molecule has 1 atom stereocenters. The minimum atomic E-state index is 0.303. The maximum absolute atomic E-state index is 3.95. The van der Waals surface area contributed by atoms with Gasteiger partial charge in [0.2, 0.25) is 0 Å². The molecule has 0 N–H and O–H groups in total. The highest BCUT2D eigenvalue weighted by atomic mass is 14.3. The Hall–Kier alpha value is -0.520. The molecule has 0 heterocycles. The molecule has 0 radical (unpaired) electrons. The van der Waals surface area contributed by atoms with Crippen molar-refractivity contribution in [3.63, 3.8) is 0 Å². The van der Waals surface area contributed by atoms with Gasteiger partial charge in [-0.05, 0) is 32.6 Å². The van der Waals surface area contributed by atoms with Gasteiger partial charge >= 0.3 is 0 Å². The van der Waals surface area contributed by atoms with Crippen LogP contribution < -0.4 is 0 Å². The molecule has 0 aromatic rings. The van der Waals surface area contributed by atoms with Gasteiger partial charge in [-0.2, -0.15) is 0 Å². The predicted molar refractivity (Wildman–Crippen MR) is 55.1 cm³/mol. The highest BCUT2D eigenvalue weighted by Crippen LogP contribution is 2.42. The fourth-order valence-electron chi connectivity index (χ4n) is 2.44. The molecule has 0 bridgehead atoms. The van der Waals surface area contributed by atoms with Crippen molar-refractivity contribution in [2.45, 2.75) is 46.5 Å². The summed E-state index contributed by atoms with van der Waals surface area (Å²) < 4.78 is 0. The molecule has 0 aromatic carbocycles. The van der Waals surface area contributed by atoms with E-state index in [1.165, 1.54) is 25.7 Å². The average molecular weight is 164 g/mol. The summed E-state index contributed by atoms with van der Waals surface area (Å²) in [6.07, 6.45) is 7.24. The van der Waals surface area contributed by atoms with Gasteiger partial charge in [-0.3, -0.25) is 0 Å². The number of hydrogen-bond donors (Lipinski definition) is 0. The van der Waals surface area contributed by atoms with Gasteiger partial charge in [0.05, 0.1) is 0 Å². The Bertz CT molecular complexity index is 210. The Morgan fingerprint density at radius 2 is 2.25 bits per heavy atom. The summed E-state index contributed by atoms with van der Waals surface area (Å²) >= 11 is 0. The van der Waals surface area contributed by atoms with Crippen molar-refractivity contribution in [3.05, 3.63) is 23.8 Å². The summed E-state index contributed by atoms with van der Waals surface area (Å²) in [7, 11) is 0. The maximum atomic E-state index is 3.95. The van der Waals surface area contributed by atoms with E-state index in [-0.39, 0.29) is 0 Å². The smallest absolute Gasteiger partial charge is 0.00624 e. The van der Waals surface area contributed by atoms with E-state index in [4.69, 9.17) is 0 Å². The molecule has 0 aromatic heterocycles. The molecule has 0 heteroatoms. The lowest BCUT2D eigenvalue weighted by Crippen LogP contribution is -2.21. The van der Waals surface area contributed by atoms with Crippen molar-refractivity contribution < 1.29 is 0 Å². The van der Waals surface area contributed by atoms with Crippen LogP contribution in [0.2, 0.25) is 0 Å². The van der Waals surface area contributed by atoms with Gasteiger partial charge in [0, 0.05) is 5.41 Å². The van der Waals surface area contributed by atoms with E-state index in [0.29, 0.717) is 5.41 Å². The minimum absolute atomic E-state index is 0.303. The summed E-state index contributed by atoms with van der Waals surface area (Å²) in [6, 6.07) is 0. The first kappa shape index (κ1) is 9.57. The topological polar surface area (TPSA) is 0 Å². The van der Waals surface area contributed by atoms with Crippen LogP contribution in [0, 0.1) is 5.41 Å². The minimum Gasteiger partial charge on any atom is -0.102 e. The normalized spacial score (nSPS) is 30.6. The lowest BCUT2D eigenvalue weighted by molar-refractivity contribution is 0.407. The molecule has 0 fully saturated rings. The summed E-state index contributed by atoms with van der Waals surface area (Å²) in [5.74, 6) is 0. The zero-order valence-electron chi connectivity index (χ0n) is 8.61. The van der Waals surface area contributed by atoms with Gasteiger partial charge in [-0.1, -0.05) is 31.1 Å². The van der Waals surface area contributed by atoms with Crippen LogP contribution in [0.25, 0.3) is 0 Å². The second-order valence-corrected chi connectivity index (χ2v) is 4.09. The molecule has 1 rings (SSSR count). The lowest BCUT2D eigenvalue weighted by Gasteiger charge is -2.34. The SMILES string of the molecule is C=CC1(C)CCCC(C)=C1CC. The van der Waals surface area contributed by atoms with Crippen molar-refractivity contribution in [2.24, 2.45) is 5.41 Å². The second kappa shape index (κ2) is 3.47. The van der Waals surface area contributed by atoms with E-state index in [1.54, 1.807) is 11.1 Å². The van der Waals surface area contributed by atoms with Crippen molar-refractivity contribution >= 4 is 0 Å². The quantitative estimate of drug-likeness (QED) is 0.539. The first-order valence-electron chi connectivity index (χ1n) is 4.96. The molecule has 1 unspecified atom stereocenters. The van der Waals surface area contributed by atoms with Gasteiger partial charge in [0.15, 0.2) is 0 Å². The average Bonchev–Trinajstić information content (AvgIpc) is 2.05. The van der Waals surface area contributed by atoms with Crippen molar-refractivity contribution in [1.29, 1.82) is 0 Å². The van der Waals surface area contributed by atoms with E-state index < -0.39 is 0 Å². The van der Waals surface area contributed by atoms with E-state index in [1.807, 2.05) is 0 Å². The van der Waals surface area contributed by atoms with E-state index in [0.717, 1.165) is 0 Å². The van der Waals surface area contributed by atoms with Crippen molar-refractivity contribution in [3.8, 4) is 0 Å². The van der Waals surface area contributed by atoms with Crippen LogP contribution in [-0.4, -0.2) is 0 Å². The summed E-state index contributed by atoms with van der Waals surface area (Å²) in [4.78, 5) is 0. The molecule has 0 saturated heterocycles. The second-order valence-electron chi connectivity index (χ2n) is 4.09. The Labute approximate surface area is 76.4 Å². The highest BCUT2D eigenvalue weighted by Gasteiger charge is 2.28. The fraction of sp³-hybridized carbons (Fsp3) is 0.667. The predicted octanol–water partition coefficient (Wildman–Crippen LogP) is 4.09. The first-order chi connectivity index (χ1) is 5.64. The zero-order valence-corrected chi connectivity index (χ0v) is 8.61. The maximum Gasteiger partial charge on any atom is 0.00624 e. The zero-order chi connectivity index (χ0) is 9.19. The third-order valence-electron chi connectivity index (χ3n) is 3.26. The molecule has 12 heavy (non-hydrogen) atoms. The fourth-order valence-corrected chi connectivity index (χ4v) is 2.44. The van der Waals surface area contributed by atoms with Crippen LogP contribution in [0.1, 0.15) is 46.5 Å². The molecule has 0 aliphatic heterocycles. The summed E-state index contributed by atoms with van der Waals surface area (Å²) in [5, 5.41) is 0. The van der Waals surface area contributed by atoms with Crippen LogP contribution in [0.5, 0.6) is 0 Å². The van der Waals surface area contributed by atoms with Crippen LogP contribution in [0.3, 0.4) is 0 Å². The molecule has 0 amide bonds. The lowest BCUT2D eigenvalue weighted by atomic mass is 9.70. The van der Waals surface area contributed by atoms with Crippen molar-refractivity contribution in [1.82, 2.24) is 0 Å². The Morgan fingerprint density at radius 1 is 1.58 bits per heavy atom. The molecule has 1 aliphatic carbocycles. The van der Waals surface area contributed by atoms with Crippen LogP contribution in [0.4, 0.5) is 0 Å². The first-order valence-corrected chi connectivity index (χ1v) is 4.96. The summed E-state index contributed by atoms with van der Waals surface area (Å²) in [6.45, 7) is 10.8. The third-order valence-corrected chi connectivity index (χ3v) is 3.26. The molecule has 0 spiro atoms. The largest absolute Gasteiger partial charge is 0.102 e.